The van der Waals surface area contributed by atoms with Crippen molar-refractivity contribution in [3.05, 3.63) is 54.0 Å². The van der Waals surface area contributed by atoms with E-state index in [1.807, 2.05) is 62.3 Å². The molecule has 1 atom stereocenters. The Morgan fingerprint density at radius 3 is 2.49 bits per heavy atom. The quantitative estimate of drug-likeness (QED) is 0.242. The second-order valence-corrected chi connectivity index (χ2v) is 15.9. The first-order chi connectivity index (χ1) is 24.6. The van der Waals surface area contributed by atoms with Crippen LogP contribution in [-0.4, -0.2) is 113 Å². The third-order valence-corrected chi connectivity index (χ3v) is 10.9. The molecule has 1 N–H and O–H groups in total. The molecule has 4 aliphatic rings. The fraction of sp³-hybridized carbons (Fsp3) is 0.553. The zero-order valence-electron chi connectivity index (χ0n) is 30.4. The zero-order valence-corrected chi connectivity index (χ0v) is 30.4. The number of fused-ring (bicyclic) bond motifs is 3. The summed E-state index contributed by atoms with van der Waals surface area (Å²) in [5, 5.41) is 10.2. The topological polar surface area (TPSA) is 125 Å². The summed E-state index contributed by atoms with van der Waals surface area (Å²) in [4.78, 5) is 34.8. The van der Waals surface area contributed by atoms with E-state index in [4.69, 9.17) is 24.2 Å². The van der Waals surface area contributed by atoms with Gasteiger partial charge in [-0.3, -0.25) is 0 Å². The van der Waals surface area contributed by atoms with E-state index in [9.17, 15) is 4.79 Å². The van der Waals surface area contributed by atoms with E-state index >= 15 is 0 Å². The molecule has 3 aromatic heterocycles. The van der Waals surface area contributed by atoms with Gasteiger partial charge in [-0.25, -0.2) is 14.8 Å². The van der Waals surface area contributed by atoms with E-state index in [1.54, 1.807) is 7.11 Å². The highest BCUT2D eigenvalue weighted by atomic mass is 16.7. The van der Waals surface area contributed by atoms with Gasteiger partial charge in [0, 0.05) is 93.5 Å². The standard InChI is InChI=1S/C38H49N9O4/c1-25-33-29-16-31(28-8-6-7-9-32(28)50-24-49-5)42-43-34(29)41-30(33)12-15-47(25)35-39-17-27(18-40-35)45-13-10-26(11-14-45)19-44-20-38(21-44)22-46(23-38)36(48)51-37(2,3)4/h6-9,16-18,25-26H,10-15,19-24H2,1-5H3,(H,41,43). The van der Waals surface area contributed by atoms with Crippen LogP contribution in [0.15, 0.2) is 42.7 Å². The number of anilines is 2. The van der Waals surface area contributed by atoms with Gasteiger partial charge in [0.1, 0.15) is 11.4 Å². The van der Waals surface area contributed by atoms with Gasteiger partial charge in [-0.1, -0.05) is 12.1 Å². The van der Waals surface area contributed by atoms with Crippen molar-refractivity contribution in [3.63, 3.8) is 0 Å². The summed E-state index contributed by atoms with van der Waals surface area (Å²) in [7, 11) is 1.61. The second-order valence-electron chi connectivity index (χ2n) is 15.9. The normalized spacial score (nSPS) is 20.6. The number of methoxy groups -OCH3 is 1. The monoisotopic (exact) mass is 695 g/mol. The van der Waals surface area contributed by atoms with E-state index in [0.717, 1.165) is 106 Å². The number of aromatic nitrogens is 5. The van der Waals surface area contributed by atoms with Gasteiger partial charge in [0.05, 0.1) is 29.8 Å². The number of carbonyl (C=O) groups excluding carboxylic acids is 1. The molecular weight excluding hydrogens is 646 g/mol. The van der Waals surface area contributed by atoms with E-state index in [0.29, 0.717) is 11.7 Å². The van der Waals surface area contributed by atoms with E-state index in [1.165, 1.54) is 11.3 Å². The number of amides is 1. The van der Waals surface area contributed by atoms with Gasteiger partial charge >= 0.3 is 6.09 Å². The Morgan fingerprint density at radius 2 is 1.76 bits per heavy atom. The highest BCUT2D eigenvalue weighted by Gasteiger charge is 2.54. The number of para-hydroxylation sites is 1. The third kappa shape index (κ3) is 6.69. The van der Waals surface area contributed by atoms with E-state index < -0.39 is 5.60 Å². The van der Waals surface area contributed by atoms with Crippen LogP contribution in [0.3, 0.4) is 0 Å². The summed E-state index contributed by atoms with van der Waals surface area (Å²) >= 11 is 0. The van der Waals surface area contributed by atoms with Crippen LogP contribution in [0.1, 0.15) is 57.8 Å². The Hall–Kier alpha value is -4.49. The van der Waals surface area contributed by atoms with Crippen molar-refractivity contribution >= 4 is 28.8 Å². The lowest BCUT2D eigenvalue weighted by molar-refractivity contribution is -0.116. The molecule has 13 heteroatoms. The first-order valence-electron chi connectivity index (χ1n) is 18.2. The molecule has 0 saturated carbocycles. The minimum atomic E-state index is -0.443. The summed E-state index contributed by atoms with van der Waals surface area (Å²) in [5.74, 6) is 2.14. The summed E-state index contributed by atoms with van der Waals surface area (Å²) in [6.45, 7) is 15.9. The van der Waals surface area contributed by atoms with Gasteiger partial charge < -0.3 is 38.8 Å². The number of nitrogens with one attached hydrogen (secondary N) is 1. The Bertz CT molecular complexity index is 1870. The fourth-order valence-corrected chi connectivity index (χ4v) is 8.46. The molecule has 4 aromatic rings. The van der Waals surface area contributed by atoms with Crippen LogP contribution in [0.2, 0.25) is 0 Å². The van der Waals surface area contributed by atoms with Gasteiger partial charge in [0.15, 0.2) is 12.4 Å². The van der Waals surface area contributed by atoms with Gasteiger partial charge in [-0.15, -0.1) is 10.2 Å². The van der Waals surface area contributed by atoms with Crippen LogP contribution in [0, 0.1) is 11.3 Å². The smallest absolute Gasteiger partial charge is 0.410 e. The largest absolute Gasteiger partial charge is 0.467 e. The van der Waals surface area contributed by atoms with Gasteiger partial charge in [-0.05, 0) is 64.7 Å². The number of H-pyrrole nitrogens is 1. The first-order valence-corrected chi connectivity index (χ1v) is 18.2. The molecule has 4 aliphatic heterocycles. The van der Waals surface area contributed by atoms with Crippen molar-refractivity contribution in [2.75, 3.05) is 76.1 Å². The average molecular weight is 696 g/mol. The molecule has 3 saturated heterocycles. The fourth-order valence-electron chi connectivity index (χ4n) is 8.46. The number of rotatable bonds is 8. The molecule has 8 rings (SSSR count). The van der Waals surface area contributed by atoms with E-state index in [-0.39, 0.29) is 24.3 Å². The molecular formula is C38H49N9O4. The number of nitrogens with zero attached hydrogens (tertiary/aromatic N) is 8. The summed E-state index contributed by atoms with van der Waals surface area (Å²) in [6, 6.07) is 9.99. The highest BCUT2D eigenvalue weighted by Crippen LogP contribution is 2.42. The Kier molecular flexibility index (Phi) is 8.74. The molecule has 7 heterocycles. The van der Waals surface area contributed by atoms with Gasteiger partial charge in [0.25, 0.3) is 0 Å². The molecule has 13 nitrogen and oxygen atoms in total. The lowest BCUT2D eigenvalue weighted by Gasteiger charge is -2.60. The number of aromatic amines is 1. The number of likely N-dealkylation sites (tertiary alicyclic amines) is 2. The van der Waals surface area contributed by atoms with Crippen LogP contribution in [0.5, 0.6) is 5.75 Å². The molecule has 1 amide bonds. The molecule has 0 aliphatic carbocycles. The predicted molar refractivity (Wildman–Crippen MR) is 195 cm³/mol. The van der Waals surface area contributed by atoms with Crippen molar-refractivity contribution in [1.29, 1.82) is 0 Å². The van der Waals surface area contributed by atoms with Gasteiger partial charge in [-0.2, -0.15) is 0 Å². The van der Waals surface area contributed by atoms with Crippen LogP contribution in [-0.2, 0) is 15.9 Å². The Labute approximate surface area is 299 Å². The minimum Gasteiger partial charge on any atom is -0.467 e. The number of hydrogen-bond acceptors (Lipinski definition) is 11. The minimum absolute atomic E-state index is 0.0575. The molecule has 0 radical (unpaired) electrons. The molecule has 51 heavy (non-hydrogen) atoms. The van der Waals surface area contributed by atoms with Gasteiger partial charge in [0.2, 0.25) is 5.95 Å². The number of benzene rings is 1. The second kappa shape index (κ2) is 13.2. The Balaban J connectivity index is 0.861. The van der Waals surface area contributed by atoms with Crippen molar-refractivity contribution in [1.82, 2.24) is 34.9 Å². The van der Waals surface area contributed by atoms with Crippen LogP contribution >= 0.6 is 0 Å². The average Bonchev–Trinajstić information content (AvgIpc) is 3.46. The number of piperidine rings is 1. The lowest BCUT2D eigenvalue weighted by atomic mass is 9.72. The molecule has 1 aromatic carbocycles. The highest BCUT2D eigenvalue weighted by molar-refractivity contribution is 5.86. The summed E-state index contributed by atoms with van der Waals surface area (Å²) in [5.41, 5.74) is 5.73. The lowest BCUT2D eigenvalue weighted by Crippen LogP contribution is -2.73. The Morgan fingerprint density at radius 1 is 1.02 bits per heavy atom. The SMILES string of the molecule is COCOc1ccccc1-c1cc2c3c([nH]c2nn1)CCN(c1ncc(N2CCC(CN4CC5(C4)CN(C(=O)OC(C)(C)C)C5)CC2)cn1)C3C. The van der Waals surface area contributed by atoms with Crippen LogP contribution < -0.4 is 14.5 Å². The maximum absolute atomic E-state index is 12.4. The molecule has 1 unspecified atom stereocenters. The van der Waals surface area contributed by atoms with Crippen LogP contribution in [0.4, 0.5) is 16.4 Å². The summed E-state index contributed by atoms with van der Waals surface area (Å²) < 4.78 is 16.5. The molecule has 0 bridgehead atoms. The summed E-state index contributed by atoms with van der Waals surface area (Å²) in [6.07, 6.45) is 6.98. The van der Waals surface area contributed by atoms with Crippen molar-refractivity contribution in [3.8, 4) is 17.0 Å². The number of hydrogen-bond donors (Lipinski definition) is 1. The molecule has 1 spiro atoms. The maximum atomic E-state index is 12.4. The van der Waals surface area contributed by atoms with Crippen LogP contribution in [0.25, 0.3) is 22.3 Å². The van der Waals surface area contributed by atoms with E-state index in [2.05, 4.69) is 42.9 Å². The van der Waals surface area contributed by atoms with Crippen molar-refractivity contribution in [2.24, 2.45) is 11.3 Å². The molecule has 270 valence electrons. The first kappa shape index (κ1) is 33.6. The maximum Gasteiger partial charge on any atom is 0.410 e. The molecule has 3 fully saturated rings. The number of carbonyl (C=O) groups is 1. The number of ether oxygens (including phenoxy) is 3. The van der Waals surface area contributed by atoms with Crippen molar-refractivity contribution in [2.45, 2.75) is 58.6 Å². The third-order valence-electron chi connectivity index (χ3n) is 10.9. The predicted octanol–water partition coefficient (Wildman–Crippen LogP) is 5.29. The van der Waals surface area contributed by atoms with Crippen molar-refractivity contribution < 1.29 is 19.0 Å². The zero-order chi connectivity index (χ0) is 35.3.